The second kappa shape index (κ2) is 7.69. The molecule has 1 aromatic heterocycles. The maximum Gasteiger partial charge on any atom is 0.141 e. The summed E-state index contributed by atoms with van der Waals surface area (Å²) in [5, 5.41) is 13.8. The number of piperidine rings is 1. The Morgan fingerprint density at radius 1 is 1.22 bits per heavy atom. The molecule has 0 radical (unpaired) electrons. The standard InChI is InChI=1S/C18H28FN3O/c1-13(14-10-15(19)12-20-11-14)21-16-6-8-22(9-7-16)17-4-2-3-5-18(17)23/h10-13,16-18,21,23H,2-9H2,1H3. The molecule has 2 fully saturated rings. The molecule has 1 aliphatic heterocycles. The number of halogens is 1. The first-order valence-electron chi connectivity index (χ1n) is 8.92. The van der Waals surface area contributed by atoms with E-state index in [-0.39, 0.29) is 18.0 Å². The fraction of sp³-hybridized carbons (Fsp3) is 0.722. The van der Waals surface area contributed by atoms with E-state index in [1.165, 1.54) is 12.6 Å². The van der Waals surface area contributed by atoms with Gasteiger partial charge in [-0.05, 0) is 44.2 Å². The van der Waals surface area contributed by atoms with Crippen LogP contribution in [0.5, 0.6) is 0 Å². The van der Waals surface area contributed by atoms with Crippen molar-refractivity contribution < 1.29 is 9.50 Å². The van der Waals surface area contributed by atoms with Crippen LogP contribution in [0.1, 0.15) is 57.1 Å². The third-order valence-corrected chi connectivity index (χ3v) is 5.40. The van der Waals surface area contributed by atoms with Crippen molar-refractivity contribution in [2.75, 3.05) is 13.1 Å². The molecule has 2 heterocycles. The molecule has 5 heteroatoms. The predicted molar refractivity (Wildman–Crippen MR) is 88.6 cm³/mol. The molecule has 1 aliphatic carbocycles. The minimum Gasteiger partial charge on any atom is -0.391 e. The average molecular weight is 321 g/mol. The molecule has 2 N–H and O–H groups in total. The molecule has 3 atom stereocenters. The number of hydrogen-bond donors (Lipinski definition) is 2. The fourth-order valence-electron chi connectivity index (χ4n) is 4.03. The van der Waals surface area contributed by atoms with Crippen LogP contribution in [0.3, 0.4) is 0 Å². The van der Waals surface area contributed by atoms with Crippen molar-refractivity contribution in [2.45, 2.75) is 69.7 Å². The van der Waals surface area contributed by atoms with E-state index in [0.29, 0.717) is 12.1 Å². The van der Waals surface area contributed by atoms with Crippen LogP contribution in [-0.4, -0.2) is 46.3 Å². The van der Waals surface area contributed by atoms with E-state index in [1.54, 1.807) is 12.3 Å². The summed E-state index contributed by atoms with van der Waals surface area (Å²) in [6.07, 6.45) is 9.46. The van der Waals surface area contributed by atoms with Crippen molar-refractivity contribution >= 4 is 0 Å². The van der Waals surface area contributed by atoms with Gasteiger partial charge in [0.15, 0.2) is 0 Å². The van der Waals surface area contributed by atoms with Crippen LogP contribution in [0.2, 0.25) is 0 Å². The van der Waals surface area contributed by atoms with Gasteiger partial charge in [-0.2, -0.15) is 0 Å². The summed E-state index contributed by atoms with van der Waals surface area (Å²) in [7, 11) is 0. The Hall–Kier alpha value is -1.04. The highest BCUT2D eigenvalue weighted by Gasteiger charge is 2.31. The number of rotatable bonds is 4. The van der Waals surface area contributed by atoms with Crippen LogP contribution in [0.15, 0.2) is 18.5 Å². The zero-order chi connectivity index (χ0) is 16.2. The lowest BCUT2D eigenvalue weighted by Gasteiger charge is -2.42. The first-order chi connectivity index (χ1) is 11.1. The van der Waals surface area contributed by atoms with Crippen LogP contribution in [0.4, 0.5) is 4.39 Å². The monoisotopic (exact) mass is 321 g/mol. The lowest BCUT2D eigenvalue weighted by Crippen LogP contribution is -2.51. The molecular formula is C18H28FN3O. The van der Waals surface area contributed by atoms with Gasteiger partial charge in [-0.1, -0.05) is 12.8 Å². The average Bonchev–Trinajstić information content (AvgIpc) is 2.56. The quantitative estimate of drug-likeness (QED) is 0.895. The minimum atomic E-state index is -0.280. The molecule has 0 bridgehead atoms. The first-order valence-corrected chi connectivity index (χ1v) is 8.92. The molecule has 2 aliphatic rings. The minimum absolute atomic E-state index is 0.107. The van der Waals surface area contributed by atoms with Gasteiger partial charge in [-0.25, -0.2) is 4.39 Å². The number of hydrogen-bond acceptors (Lipinski definition) is 4. The summed E-state index contributed by atoms with van der Waals surface area (Å²) >= 11 is 0. The van der Waals surface area contributed by atoms with E-state index in [4.69, 9.17) is 0 Å². The normalized spacial score (nSPS) is 28.7. The van der Waals surface area contributed by atoms with E-state index < -0.39 is 0 Å². The molecule has 0 amide bonds. The number of aliphatic hydroxyl groups excluding tert-OH is 1. The maximum atomic E-state index is 13.3. The van der Waals surface area contributed by atoms with Crippen molar-refractivity contribution in [3.63, 3.8) is 0 Å². The topological polar surface area (TPSA) is 48.4 Å². The van der Waals surface area contributed by atoms with Gasteiger partial charge in [0.25, 0.3) is 0 Å². The summed E-state index contributed by atoms with van der Waals surface area (Å²) in [5.74, 6) is -0.280. The summed E-state index contributed by atoms with van der Waals surface area (Å²) in [5.41, 5.74) is 0.898. The van der Waals surface area contributed by atoms with E-state index in [1.807, 2.05) is 0 Å². The van der Waals surface area contributed by atoms with Crippen LogP contribution in [0, 0.1) is 5.82 Å². The molecule has 1 aromatic rings. The second-order valence-corrected chi connectivity index (χ2v) is 7.05. The molecule has 4 nitrogen and oxygen atoms in total. The Kier molecular flexibility index (Phi) is 5.62. The van der Waals surface area contributed by atoms with Gasteiger partial charge in [0.2, 0.25) is 0 Å². The molecule has 1 saturated carbocycles. The van der Waals surface area contributed by atoms with Crippen LogP contribution in [-0.2, 0) is 0 Å². The summed E-state index contributed by atoms with van der Waals surface area (Å²) in [6, 6.07) is 2.47. The molecular weight excluding hydrogens is 293 g/mol. The Bertz CT molecular complexity index is 505. The predicted octanol–water partition coefficient (Wildman–Crippen LogP) is 2.64. The van der Waals surface area contributed by atoms with Gasteiger partial charge in [-0.3, -0.25) is 9.88 Å². The highest BCUT2D eigenvalue weighted by Crippen LogP contribution is 2.26. The maximum absolute atomic E-state index is 13.3. The van der Waals surface area contributed by atoms with Crippen molar-refractivity contribution in [1.29, 1.82) is 0 Å². The molecule has 0 aromatic carbocycles. The number of likely N-dealkylation sites (tertiary alicyclic amines) is 1. The second-order valence-electron chi connectivity index (χ2n) is 7.05. The lowest BCUT2D eigenvalue weighted by atomic mass is 9.89. The van der Waals surface area contributed by atoms with E-state index in [0.717, 1.165) is 50.8 Å². The van der Waals surface area contributed by atoms with E-state index >= 15 is 0 Å². The zero-order valence-corrected chi connectivity index (χ0v) is 13.9. The first kappa shape index (κ1) is 16.8. The summed E-state index contributed by atoms with van der Waals surface area (Å²) in [4.78, 5) is 6.40. The van der Waals surface area contributed by atoms with Gasteiger partial charge < -0.3 is 10.4 Å². The van der Waals surface area contributed by atoms with E-state index in [9.17, 15) is 9.50 Å². The Morgan fingerprint density at radius 3 is 2.65 bits per heavy atom. The lowest BCUT2D eigenvalue weighted by molar-refractivity contribution is 0.00670. The zero-order valence-electron chi connectivity index (χ0n) is 13.9. The number of aromatic nitrogens is 1. The molecule has 23 heavy (non-hydrogen) atoms. The number of pyridine rings is 1. The number of nitrogens with zero attached hydrogens (tertiary/aromatic N) is 2. The largest absolute Gasteiger partial charge is 0.391 e. The van der Waals surface area contributed by atoms with Gasteiger partial charge >= 0.3 is 0 Å². The molecule has 3 rings (SSSR count). The van der Waals surface area contributed by atoms with Gasteiger partial charge in [0.05, 0.1) is 12.3 Å². The van der Waals surface area contributed by atoms with Crippen LogP contribution in [0.25, 0.3) is 0 Å². The molecule has 128 valence electrons. The Balaban J connectivity index is 1.49. The van der Waals surface area contributed by atoms with Gasteiger partial charge in [0.1, 0.15) is 5.82 Å². The molecule has 3 unspecified atom stereocenters. The van der Waals surface area contributed by atoms with Crippen molar-refractivity contribution in [2.24, 2.45) is 0 Å². The van der Waals surface area contributed by atoms with Gasteiger partial charge in [0, 0.05) is 37.4 Å². The van der Waals surface area contributed by atoms with E-state index in [2.05, 4.69) is 22.1 Å². The third kappa shape index (κ3) is 4.28. The van der Waals surface area contributed by atoms with Crippen molar-refractivity contribution in [3.05, 3.63) is 29.8 Å². The van der Waals surface area contributed by atoms with Crippen molar-refractivity contribution in [1.82, 2.24) is 15.2 Å². The Labute approximate surface area is 138 Å². The van der Waals surface area contributed by atoms with Crippen LogP contribution >= 0.6 is 0 Å². The fourth-order valence-corrected chi connectivity index (χ4v) is 4.03. The molecule has 1 saturated heterocycles. The number of aliphatic hydroxyl groups is 1. The highest BCUT2D eigenvalue weighted by molar-refractivity contribution is 5.14. The molecule has 0 spiro atoms. The van der Waals surface area contributed by atoms with Crippen LogP contribution < -0.4 is 5.32 Å². The third-order valence-electron chi connectivity index (χ3n) is 5.40. The van der Waals surface area contributed by atoms with Crippen molar-refractivity contribution in [3.8, 4) is 0 Å². The summed E-state index contributed by atoms with van der Waals surface area (Å²) in [6.45, 7) is 4.13. The number of nitrogens with one attached hydrogen (secondary N) is 1. The highest BCUT2D eigenvalue weighted by atomic mass is 19.1. The summed E-state index contributed by atoms with van der Waals surface area (Å²) < 4.78 is 13.3. The SMILES string of the molecule is CC(NC1CCN(C2CCCCC2O)CC1)c1cncc(F)c1. The van der Waals surface area contributed by atoms with Gasteiger partial charge in [-0.15, -0.1) is 0 Å². The Morgan fingerprint density at radius 2 is 1.96 bits per heavy atom. The smallest absolute Gasteiger partial charge is 0.141 e.